The van der Waals surface area contributed by atoms with Crippen molar-refractivity contribution in [1.82, 2.24) is 19.8 Å². The van der Waals surface area contributed by atoms with E-state index in [1.807, 2.05) is 0 Å². The molecule has 0 aromatic heterocycles. The molecule has 0 radical (unpaired) electrons. The number of fused-ring (bicyclic) bond motifs is 2. The van der Waals surface area contributed by atoms with Crippen molar-refractivity contribution >= 4 is 46.1 Å². The van der Waals surface area contributed by atoms with Crippen LogP contribution in [0.15, 0.2) is 41.3 Å². The van der Waals surface area contributed by atoms with E-state index in [1.165, 1.54) is 12.1 Å². The number of hydrogen-bond acceptors (Lipinski definition) is 12. The maximum Gasteiger partial charge on any atom is 0.408 e. The smallest absolute Gasteiger partial charge is 0.408 e. The zero-order chi connectivity index (χ0) is 36.1. The third kappa shape index (κ3) is 8.54. The van der Waals surface area contributed by atoms with E-state index in [9.17, 15) is 42.5 Å². The molecule has 0 spiro atoms. The predicted molar refractivity (Wildman–Crippen MR) is 170 cm³/mol. The van der Waals surface area contributed by atoms with E-state index in [-0.39, 0.29) is 58.4 Å². The van der Waals surface area contributed by atoms with Crippen LogP contribution in [0.2, 0.25) is 0 Å². The topological polar surface area (TPSA) is 221 Å². The molecule has 3 aliphatic rings. The average Bonchev–Trinajstić information content (AvgIpc) is 3.55. The third-order valence-corrected chi connectivity index (χ3v) is 10.3. The second-order valence-corrected chi connectivity index (χ2v) is 14.8. The number of carbonyl (C=O) groups excluding carboxylic acids is 5. The van der Waals surface area contributed by atoms with Crippen LogP contribution >= 0.6 is 0 Å². The molecule has 2 aliphatic heterocycles. The van der Waals surface area contributed by atoms with Crippen molar-refractivity contribution in [3.63, 3.8) is 0 Å². The maximum absolute atomic E-state index is 14.2. The number of nitrogens with zero attached hydrogens (tertiary/aromatic N) is 3. The number of ether oxygens (including phenoxy) is 3. The Balaban J connectivity index is 1.78. The summed E-state index contributed by atoms with van der Waals surface area (Å²) in [6.07, 6.45) is 1.22. The number of amides is 3. The maximum atomic E-state index is 14.2. The number of benzene rings is 1. The van der Waals surface area contributed by atoms with Crippen molar-refractivity contribution in [3.8, 4) is 0 Å². The summed E-state index contributed by atoms with van der Waals surface area (Å²) in [7, 11) is -4.54. The van der Waals surface area contributed by atoms with Crippen LogP contribution in [0.3, 0.4) is 0 Å². The molecular formula is C31H41N5O12S. The first-order valence-electron chi connectivity index (χ1n) is 15.8. The van der Waals surface area contributed by atoms with E-state index in [2.05, 4.69) is 10.6 Å². The van der Waals surface area contributed by atoms with E-state index in [0.717, 1.165) is 21.3 Å². The summed E-state index contributed by atoms with van der Waals surface area (Å²) < 4.78 is 44.6. The second-order valence-electron chi connectivity index (χ2n) is 12.9. The fourth-order valence-electron chi connectivity index (χ4n) is 5.96. The number of esters is 1. The molecule has 1 saturated heterocycles. The normalized spacial score (nSPS) is 27.2. The summed E-state index contributed by atoms with van der Waals surface area (Å²) >= 11 is 0. The molecule has 1 saturated carbocycles. The zero-order valence-corrected chi connectivity index (χ0v) is 28.5. The molecule has 2 fully saturated rings. The molecule has 268 valence electrons. The summed E-state index contributed by atoms with van der Waals surface area (Å²) in [6, 6.07) is 2.15. The average molecular weight is 708 g/mol. The molecule has 1 aromatic carbocycles. The SMILES string of the molecule is CCOC(=O)[C@@]12C[C@H]1/C=C\CCN(S(=O)(=O)c1ccccc1[N+](=O)[O-])CC[C@H](NC(=O)OC(C)(C)C)C(=O)N1C[C@H](OC=O)C[C@H]1C(=O)N2. The lowest BCUT2D eigenvalue weighted by molar-refractivity contribution is -0.387. The van der Waals surface area contributed by atoms with Gasteiger partial charge >= 0.3 is 12.1 Å². The van der Waals surface area contributed by atoms with Gasteiger partial charge in [0.15, 0.2) is 4.90 Å². The Hall–Kier alpha value is -4.58. The van der Waals surface area contributed by atoms with Crippen molar-refractivity contribution in [2.45, 2.75) is 87.6 Å². The second kappa shape index (κ2) is 14.9. The van der Waals surface area contributed by atoms with Gasteiger partial charge in [-0.3, -0.25) is 24.5 Å². The highest BCUT2D eigenvalue weighted by atomic mass is 32.2. The largest absolute Gasteiger partial charge is 0.464 e. The molecule has 1 aromatic rings. The van der Waals surface area contributed by atoms with E-state index in [0.29, 0.717) is 0 Å². The highest BCUT2D eigenvalue weighted by molar-refractivity contribution is 7.89. The van der Waals surface area contributed by atoms with Gasteiger partial charge in [0.2, 0.25) is 21.8 Å². The van der Waals surface area contributed by atoms with E-state index in [4.69, 9.17) is 14.2 Å². The third-order valence-electron chi connectivity index (χ3n) is 8.35. The van der Waals surface area contributed by atoms with Gasteiger partial charge < -0.3 is 29.7 Å². The lowest BCUT2D eigenvalue weighted by Crippen LogP contribution is -2.57. The lowest BCUT2D eigenvalue weighted by atomic mass is 10.1. The zero-order valence-electron chi connectivity index (χ0n) is 27.7. The van der Waals surface area contributed by atoms with Gasteiger partial charge in [-0.2, -0.15) is 4.31 Å². The molecule has 18 heteroatoms. The predicted octanol–water partition coefficient (Wildman–Crippen LogP) is 1.41. The van der Waals surface area contributed by atoms with Gasteiger partial charge in [-0.05, 0) is 53.0 Å². The number of carbonyl (C=O) groups is 5. The van der Waals surface area contributed by atoms with Crippen LogP contribution < -0.4 is 10.6 Å². The van der Waals surface area contributed by atoms with Crippen molar-refractivity contribution in [3.05, 3.63) is 46.5 Å². The Kier molecular flexibility index (Phi) is 11.3. The number of sulfonamides is 1. The Morgan fingerprint density at radius 3 is 2.57 bits per heavy atom. The standard InChI is InChI=1S/C31H41N5O12S/c1-5-46-28(40)31-17-20(31)10-8-9-14-34(49(44,45)25-12-7-6-11-23(25)36(42)43)15-13-22(32-29(41)48-30(2,3)4)27(39)35-18-21(47-19-37)16-24(35)26(38)33-31/h6-8,10-12,19-22,24H,5,9,13-18H2,1-4H3,(H,32,41)(H,33,38)/b10-8-/t20-,21-,22+,24+,31-/m1/s1. The van der Waals surface area contributed by atoms with Gasteiger partial charge in [-0.1, -0.05) is 24.3 Å². The van der Waals surface area contributed by atoms with Crippen LogP contribution in [0, 0.1) is 16.0 Å². The molecule has 2 heterocycles. The first kappa shape index (κ1) is 37.2. The number of nitrogens with one attached hydrogen (secondary N) is 2. The van der Waals surface area contributed by atoms with Gasteiger partial charge in [-0.25, -0.2) is 18.0 Å². The van der Waals surface area contributed by atoms with Gasteiger partial charge in [0.05, 0.1) is 18.1 Å². The van der Waals surface area contributed by atoms with Crippen molar-refractivity contribution in [2.75, 3.05) is 26.2 Å². The molecule has 1 aliphatic carbocycles. The van der Waals surface area contributed by atoms with Crippen LogP contribution in [0.5, 0.6) is 0 Å². The number of nitro benzene ring substituents is 1. The van der Waals surface area contributed by atoms with Gasteiger partial charge in [0.1, 0.15) is 29.3 Å². The van der Waals surface area contributed by atoms with Crippen LogP contribution in [0.25, 0.3) is 0 Å². The molecule has 5 atom stereocenters. The summed E-state index contributed by atoms with van der Waals surface area (Å²) in [6.45, 7) is 5.82. The number of hydrogen-bond donors (Lipinski definition) is 2. The highest BCUT2D eigenvalue weighted by Crippen LogP contribution is 2.46. The molecule has 49 heavy (non-hydrogen) atoms. The summed E-state index contributed by atoms with van der Waals surface area (Å²) in [4.78, 5) is 76.8. The number of rotatable bonds is 8. The van der Waals surface area contributed by atoms with Gasteiger partial charge in [-0.15, -0.1) is 0 Å². The Morgan fingerprint density at radius 1 is 1.20 bits per heavy atom. The van der Waals surface area contributed by atoms with Gasteiger partial charge in [0, 0.05) is 31.5 Å². The van der Waals surface area contributed by atoms with Crippen LogP contribution in [-0.4, -0.2) is 108 Å². The van der Waals surface area contributed by atoms with E-state index < -0.39 is 84.7 Å². The Labute approximate surface area is 283 Å². The van der Waals surface area contributed by atoms with Crippen LogP contribution in [-0.2, 0) is 43.4 Å². The number of alkyl carbamates (subject to hydrolysis) is 1. The Morgan fingerprint density at radius 2 is 1.92 bits per heavy atom. The summed E-state index contributed by atoms with van der Waals surface area (Å²) in [5.41, 5.74) is -3.06. The number of nitro groups is 1. The molecular weight excluding hydrogens is 666 g/mol. The first-order chi connectivity index (χ1) is 23.0. The minimum Gasteiger partial charge on any atom is -0.464 e. The van der Waals surface area contributed by atoms with Crippen LogP contribution in [0.4, 0.5) is 10.5 Å². The van der Waals surface area contributed by atoms with Crippen molar-refractivity contribution in [1.29, 1.82) is 0 Å². The van der Waals surface area contributed by atoms with Crippen LogP contribution in [0.1, 0.15) is 53.4 Å². The molecule has 0 bridgehead atoms. The van der Waals surface area contributed by atoms with Crippen molar-refractivity contribution < 1.29 is 51.5 Å². The first-order valence-corrected chi connectivity index (χ1v) is 17.3. The summed E-state index contributed by atoms with van der Waals surface area (Å²) in [5.74, 6) is -2.73. The quantitative estimate of drug-likeness (QED) is 0.0978. The molecule has 4 rings (SSSR count). The summed E-state index contributed by atoms with van der Waals surface area (Å²) in [5, 5.41) is 17.0. The fraction of sp³-hybridized carbons (Fsp3) is 0.581. The lowest BCUT2D eigenvalue weighted by Gasteiger charge is -2.31. The van der Waals surface area contributed by atoms with E-state index in [1.54, 1.807) is 39.8 Å². The van der Waals surface area contributed by atoms with E-state index >= 15 is 0 Å². The molecule has 3 amide bonds. The minimum atomic E-state index is -4.54. The monoisotopic (exact) mass is 707 g/mol. The molecule has 2 N–H and O–H groups in total. The minimum absolute atomic E-state index is 0.0344. The highest BCUT2D eigenvalue weighted by Gasteiger charge is 2.62. The Bertz CT molecular complexity index is 1610. The molecule has 17 nitrogen and oxygen atoms in total. The fourth-order valence-corrected chi connectivity index (χ4v) is 7.58. The van der Waals surface area contributed by atoms with Gasteiger partial charge in [0.25, 0.3) is 12.2 Å². The van der Waals surface area contributed by atoms with Crippen molar-refractivity contribution in [2.24, 2.45) is 5.92 Å². The molecule has 0 unspecified atom stereocenters. The number of para-hydroxylation sites is 1.